The van der Waals surface area contributed by atoms with E-state index in [-0.39, 0.29) is 11.5 Å². The zero-order valence-electron chi connectivity index (χ0n) is 13.8. The standard InChI is InChI=1S/C17H23N3O2S/c1-17(2)11-20(8-9-22-17)7-6-15(21)19-16-13(10-18)12-4-3-5-14(12)23-16/h3-9,11H2,1-2H3,(H,19,21). The maximum atomic E-state index is 12.2. The Hall–Kier alpha value is -1.42. The Morgan fingerprint density at radius 2 is 2.30 bits per heavy atom. The molecule has 0 bridgehead atoms. The van der Waals surface area contributed by atoms with Gasteiger partial charge in [-0.25, -0.2) is 0 Å². The predicted molar refractivity (Wildman–Crippen MR) is 90.8 cm³/mol. The Morgan fingerprint density at radius 3 is 3.04 bits per heavy atom. The van der Waals surface area contributed by atoms with Crippen molar-refractivity contribution in [3.05, 3.63) is 16.0 Å². The van der Waals surface area contributed by atoms with Crippen molar-refractivity contribution >= 4 is 22.2 Å². The van der Waals surface area contributed by atoms with Crippen molar-refractivity contribution < 1.29 is 9.53 Å². The van der Waals surface area contributed by atoms with E-state index in [4.69, 9.17) is 4.74 Å². The molecule has 1 saturated heterocycles. The van der Waals surface area contributed by atoms with Crippen LogP contribution in [-0.4, -0.2) is 42.6 Å². The first-order valence-electron chi connectivity index (χ1n) is 8.19. The summed E-state index contributed by atoms with van der Waals surface area (Å²) < 4.78 is 5.69. The smallest absolute Gasteiger partial charge is 0.226 e. The van der Waals surface area contributed by atoms with E-state index in [0.29, 0.717) is 18.6 Å². The third-order valence-electron chi connectivity index (χ3n) is 4.45. The van der Waals surface area contributed by atoms with Gasteiger partial charge in [0, 0.05) is 30.9 Å². The number of thiophene rings is 1. The van der Waals surface area contributed by atoms with Gasteiger partial charge in [0.15, 0.2) is 0 Å². The first-order chi connectivity index (χ1) is 11.0. The number of nitrogens with zero attached hydrogens (tertiary/aromatic N) is 2. The van der Waals surface area contributed by atoms with E-state index in [2.05, 4.69) is 30.1 Å². The number of aryl methyl sites for hydroxylation is 1. The van der Waals surface area contributed by atoms with Gasteiger partial charge in [0.25, 0.3) is 0 Å². The summed E-state index contributed by atoms with van der Waals surface area (Å²) in [6, 6.07) is 2.27. The highest BCUT2D eigenvalue weighted by Crippen LogP contribution is 2.38. The number of hydrogen-bond acceptors (Lipinski definition) is 5. The van der Waals surface area contributed by atoms with Crippen molar-refractivity contribution in [2.75, 3.05) is 31.6 Å². The number of fused-ring (bicyclic) bond motifs is 1. The molecule has 1 fully saturated rings. The molecule has 0 aromatic carbocycles. The minimum Gasteiger partial charge on any atom is -0.373 e. The number of amides is 1. The molecular formula is C17H23N3O2S. The van der Waals surface area contributed by atoms with Gasteiger partial charge in [-0.3, -0.25) is 9.69 Å². The number of nitriles is 1. The predicted octanol–water partition coefficient (Wildman–Crippen LogP) is 2.55. The fraction of sp³-hybridized carbons (Fsp3) is 0.647. The number of hydrogen-bond donors (Lipinski definition) is 1. The minimum absolute atomic E-state index is 0.00859. The second-order valence-electron chi connectivity index (χ2n) is 6.86. The summed E-state index contributed by atoms with van der Waals surface area (Å²) in [6.45, 7) is 7.30. The molecule has 1 aromatic heterocycles. The molecule has 3 rings (SSSR count). The average Bonchev–Trinajstić information content (AvgIpc) is 3.04. The SMILES string of the molecule is CC1(C)CN(CCC(=O)Nc2sc3c(c2C#N)CCC3)CCO1. The zero-order valence-corrected chi connectivity index (χ0v) is 14.6. The maximum Gasteiger partial charge on any atom is 0.226 e. The van der Waals surface area contributed by atoms with Crippen LogP contribution in [0.2, 0.25) is 0 Å². The first kappa shape index (κ1) is 16.4. The second-order valence-corrected chi connectivity index (χ2v) is 7.96. The summed E-state index contributed by atoms with van der Waals surface area (Å²) in [6.07, 6.45) is 3.57. The molecule has 0 spiro atoms. The molecule has 2 heterocycles. The number of rotatable bonds is 4. The third kappa shape index (κ3) is 3.74. The van der Waals surface area contributed by atoms with Crippen molar-refractivity contribution in [1.82, 2.24) is 4.90 Å². The Morgan fingerprint density at radius 1 is 1.48 bits per heavy atom. The van der Waals surface area contributed by atoms with E-state index >= 15 is 0 Å². The van der Waals surface area contributed by atoms with E-state index in [1.54, 1.807) is 11.3 Å². The van der Waals surface area contributed by atoms with Gasteiger partial charge in [0.1, 0.15) is 11.1 Å². The summed E-state index contributed by atoms with van der Waals surface area (Å²) in [5.41, 5.74) is 1.70. The van der Waals surface area contributed by atoms with Crippen LogP contribution in [0.1, 0.15) is 42.7 Å². The molecule has 23 heavy (non-hydrogen) atoms. The summed E-state index contributed by atoms with van der Waals surface area (Å²) in [5, 5.41) is 13.0. The number of anilines is 1. The maximum absolute atomic E-state index is 12.2. The van der Waals surface area contributed by atoms with Crippen molar-refractivity contribution in [2.45, 2.75) is 45.1 Å². The minimum atomic E-state index is -0.142. The van der Waals surface area contributed by atoms with Crippen LogP contribution < -0.4 is 5.32 Å². The lowest BCUT2D eigenvalue weighted by Gasteiger charge is -2.38. The summed E-state index contributed by atoms with van der Waals surface area (Å²) in [7, 11) is 0. The molecule has 0 atom stereocenters. The van der Waals surface area contributed by atoms with Gasteiger partial charge in [-0.15, -0.1) is 11.3 Å². The summed E-state index contributed by atoms with van der Waals surface area (Å²) in [4.78, 5) is 15.8. The lowest BCUT2D eigenvalue weighted by molar-refractivity contribution is -0.118. The molecule has 1 amide bonds. The lowest BCUT2D eigenvalue weighted by Crippen LogP contribution is -2.48. The largest absolute Gasteiger partial charge is 0.373 e. The fourth-order valence-electron chi connectivity index (χ4n) is 3.36. The Bertz CT molecular complexity index is 645. The molecule has 5 nitrogen and oxygen atoms in total. The van der Waals surface area contributed by atoms with Crippen LogP contribution in [0, 0.1) is 11.3 Å². The van der Waals surface area contributed by atoms with Crippen LogP contribution in [0.3, 0.4) is 0 Å². The van der Waals surface area contributed by atoms with Gasteiger partial charge < -0.3 is 10.1 Å². The third-order valence-corrected chi connectivity index (χ3v) is 5.65. The normalized spacial score (nSPS) is 20.0. The van der Waals surface area contributed by atoms with E-state index < -0.39 is 0 Å². The van der Waals surface area contributed by atoms with Crippen LogP contribution in [0.15, 0.2) is 0 Å². The molecule has 0 unspecified atom stereocenters. The van der Waals surface area contributed by atoms with Gasteiger partial charge in [-0.1, -0.05) is 0 Å². The number of ether oxygens (including phenoxy) is 1. The van der Waals surface area contributed by atoms with Crippen molar-refractivity contribution in [3.63, 3.8) is 0 Å². The molecule has 2 aliphatic rings. The molecule has 0 radical (unpaired) electrons. The highest BCUT2D eigenvalue weighted by Gasteiger charge is 2.27. The number of carbonyl (C=O) groups excluding carboxylic acids is 1. The number of nitrogens with one attached hydrogen (secondary N) is 1. The van der Waals surface area contributed by atoms with E-state index in [9.17, 15) is 10.1 Å². The topological polar surface area (TPSA) is 65.4 Å². The fourth-order valence-corrected chi connectivity index (χ4v) is 4.62. The quantitative estimate of drug-likeness (QED) is 0.919. The van der Waals surface area contributed by atoms with E-state index in [1.165, 1.54) is 4.88 Å². The van der Waals surface area contributed by atoms with Gasteiger partial charge >= 0.3 is 0 Å². The molecule has 124 valence electrons. The zero-order chi connectivity index (χ0) is 16.4. The van der Waals surface area contributed by atoms with Gasteiger partial charge in [0.2, 0.25) is 5.91 Å². The monoisotopic (exact) mass is 333 g/mol. The van der Waals surface area contributed by atoms with Crippen LogP contribution in [0.4, 0.5) is 5.00 Å². The van der Waals surface area contributed by atoms with Crippen molar-refractivity contribution in [2.24, 2.45) is 0 Å². The molecule has 1 aliphatic carbocycles. The van der Waals surface area contributed by atoms with Crippen LogP contribution in [-0.2, 0) is 22.4 Å². The average molecular weight is 333 g/mol. The van der Waals surface area contributed by atoms with E-state index in [1.807, 2.05) is 0 Å². The second kappa shape index (κ2) is 6.60. The lowest BCUT2D eigenvalue weighted by atomic mass is 10.1. The summed E-state index contributed by atoms with van der Waals surface area (Å²) >= 11 is 1.57. The molecule has 0 saturated carbocycles. The van der Waals surface area contributed by atoms with Crippen LogP contribution in [0.5, 0.6) is 0 Å². The molecule has 6 heteroatoms. The summed E-state index contributed by atoms with van der Waals surface area (Å²) in [5.74, 6) is -0.00859. The Labute approximate surface area is 141 Å². The number of carbonyl (C=O) groups is 1. The van der Waals surface area contributed by atoms with Crippen molar-refractivity contribution in [3.8, 4) is 6.07 Å². The first-order valence-corrected chi connectivity index (χ1v) is 9.01. The van der Waals surface area contributed by atoms with Crippen LogP contribution in [0.25, 0.3) is 0 Å². The number of morpholine rings is 1. The Kier molecular flexibility index (Phi) is 4.72. The Balaban J connectivity index is 1.55. The molecule has 1 aromatic rings. The highest BCUT2D eigenvalue weighted by molar-refractivity contribution is 7.16. The van der Waals surface area contributed by atoms with Crippen LogP contribution >= 0.6 is 11.3 Å². The molecule has 1 N–H and O–H groups in total. The van der Waals surface area contributed by atoms with Gasteiger partial charge in [0.05, 0.1) is 17.8 Å². The highest BCUT2D eigenvalue weighted by atomic mass is 32.1. The van der Waals surface area contributed by atoms with Gasteiger partial charge in [-0.05, 0) is 38.7 Å². The van der Waals surface area contributed by atoms with E-state index in [0.717, 1.165) is 49.5 Å². The van der Waals surface area contributed by atoms with Gasteiger partial charge in [-0.2, -0.15) is 5.26 Å². The van der Waals surface area contributed by atoms with Crippen molar-refractivity contribution in [1.29, 1.82) is 5.26 Å². The molecule has 1 aliphatic heterocycles. The molecular weight excluding hydrogens is 310 g/mol.